The Morgan fingerprint density at radius 1 is 1.19 bits per heavy atom. The quantitative estimate of drug-likeness (QED) is 0.771. The van der Waals surface area contributed by atoms with Gasteiger partial charge < -0.3 is 5.32 Å². The molecule has 0 bridgehead atoms. The highest BCUT2D eigenvalue weighted by Crippen LogP contribution is 2.09. The second-order valence-corrected chi connectivity index (χ2v) is 4.80. The Hall–Kier alpha value is -0.820. The molecule has 16 heavy (non-hydrogen) atoms. The average molecular weight is 219 g/mol. The summed E-state index contributed by atoms with van der Waals surface area (Å²) in [5.41, 5.74) is 2.87. The topological polar surface area (TPSA) is 12.0 Å². The monoisotopic (exact) mass is 219 g/mol. The van der Waals surface area contributed by atoms with Gasteiger partial charge in [0.15, 0.2) is 0 Å². The molecule has 1 nitrogen and oxygen atoms in total. The summed E-state index contributed by atoms with van der Waals surface area (Å²) in [4.78, 5) is 0. The molecule has 0 aliphatic heterocycles. The van der Waals surface area contributed by atoms with Gasteiger partial charge in [-0.05, 0) is 43.9 Å². The van der Waals surface area contributed by atoms with Gasteiger partial charge >= 0.3 is 0 Å². The van der Waals surface area contributed by atoms with Gasteiger partial charge in [-0.25, -0.2) is 0 Å². The number of nitrogens with one attached hydrogen (secondary N) is 1. The first kappa shape index (κ1) is 13.2. The summed E-state index contributed by atoms with van der Waals surface area (Å²) in [6.45, 7) is 10.1. The fourth-order valence-electron chi connectivity index (χ4n) is 1.88. The molecule has 0 amide bonds. The van der Waals surface area contributed by atoms with Gasteiger partial charge in [0.05, 0.1) is 0 Å². The predicted octanol–water partition coefficient (Wildman–Crippen LogP) is 3.56. The van der Waals surface area contributed by atoms with Crippen LogP contribution >= 0.6 is 0 Å². The Morgan fingerprint density at radius 2 is 1.88 bits per heavy atom. The smallest absolute Gasteiger partial charge is 0.00643 e. The van der Waals surface area contributed by atoms with E-state index in [0.717, 1.165) is 18.9 Å². The van der Waals surface area contributed by atoms with E-state index in [1.807, 2.05) is 0 Å². The number of hydrogen-bond donors (Lipinski definition) is 1. The molecule has 0 aliphatic carbocycles. The van der Waals surface area contributed by atoms with E-state index >= 15 is 0 Å². The van der Waals surface area contributed by atoms with E-state index < -0.39 is 0 Å². The van der Waals surface area contributed by atoms with Crippen LogP contribution in [0, 0.1) is 12.8 Å². The molecule has 1 aromatic carbocycles. The minimum Gasteiger partial charge on any atom is -0.314 e. The molecule has 0 radical (unpaired) electrons. The lowest BCUT2D eigenvalue weighted by atomic mass is 10.0. The van der Waals surface area contributed by atoms with Gasteiger partial charge in [-0.2, -0.15) is 0 Å². The molecule has 90 valence electrons. The summed E-state index contributed by atoms with van der Waals surface area (Å²) in [5, 5.41) is 3.61. The van der Waals surface area contributed by atoms with E-state index in [0.29, 0.717) is 6.04 Å². The normalized spacial score (nSPS) is 14.8. The lowest BCUT2D eigenvalue weighted by molar-refractivity contribution is 0.393. The Morgan fingerprint density at radius 3 is 2.50 bits per heavy atom. The third kappa shape index (κ3) is 3.97. The van der Waals surface area contributed by atoms with Crippen molar-refractivity contribution in [3.63, 3.8) is 0 Å². The van der Waals surface area contributed by atoms with Crippen molar-refractivity contribution in [2.24, 2.45) is 5.92 Å². The van der Waals surface area contributed by atoms with Gasteiger partial charge in [0.1, 0.15) is 0 Å². The van der Waals surface area contributed by atoms with Crippen LogP contribution in [0.25, 0.3) is 0 Å². The van der Waals surface area contributed by atoms with Gasteiger partial charge in [-0.3, -0.25) is 0 Å². The summed E-state index contributed by atoms with van der Waals surface area (Å²) in [7, 11) is 0. The standard InChI is InChI=1S/C15H25N/c1-5-12(2)14(4)16-11-10-15-9-7-6-8-13(15)3/h6-9,12,14,16H,5,10-11H2,1-4H3. The molecule has 2 atom stereocenters. The zero-order valence-electron chi connectivity index (χ0n) is 11.1. The highest BCUT2D eigenvalue weighted by atomic mass is 14.9. The molecule has 0 heterocycles. The summed E-state index contributed by atoms with van der Waals surface area (Å²) >= 11 is 0. The summed E-state index contributed by atoms with van der Waals surface area (Å²) < 4.78 is 0. The number of hydrogen-bond acceptors (Lipinski definition) is 1. The second kappa shape index (κ2) is 6.70. The summed E-state index contributed by atoms with van der Waals surface area (Å²) in [5.74, 6) is 0.761. The summed E-state index contributed by atoms with van der Waals surface area (Å²) in [6.07, 6.45) is 2.38. The molecule has 1 rings (SSSR count). The highest BCUT2D eigenvalue weighted by molar-refractivity contribution is 5.25. The Bertz CT molecular complexity index is 306. The molecule has 2 unspecified atom stereocenters. The van der Waals surface area contributed by atoms with E-state index in [-0.39, 0.29) is 0 Å². The molecule has 1 aromatic rings. The van der Waals surface area contributed by atoms with Gasteiger partial charge in [0.25, 0.3) is 0 Å². The minimum atomic E-state index is 0.619. The molecule has 0 saturated carbocycles. The second-order valence-electron chi connectivity index (χ2n) is 4.80. The van der Waals surface area contributed by atoms with Crippen LogP contribution in [0.15, 0.2) is 24.3 Å². The Balaban J connectivity index is 2.33. The van der Waals surface area contributed by atoms with Crippen LogP contribution in [0.1, 0.15) is 38.3 Å². The molecular formula is C15H25N. The first-order chi connectivity index (χ1) is 7.65. The van der Waals surface area contributed by atoms with Crippen molar-refractivity contribution >= 4 is 0 Å². The Kier molecular flexibility index (Phi) is 5.54. The van der Waals surface area contributed by atoms with Crippen molar-refractivity contribution in [1.82, 2.24) is 5.32 Å². The molecule has 0 spiro atoms. The first-order valence-corrected chi connectivity index (χ1v) is 6.43. The van der Waals surface area contributed by atoms with Crippen molar-refractivity contribution in [2.75, 3.05) is 6.54 Å². The van der Waals surface area contributed by atoms with Gasteiger partial charge in [-0.15, -0.1) is 0 Å². The van der Waals surface area contributed by atoms with Crippen LogP contribution in [0.2, 0.25) is 0 Å². The highest BCUT2D eigenvalue weighted by Gasteiger charge is 2.08. The largest absolute Gasteiger partial charge is 0.314 e. The summed E-state index contributed by atoms with van der Waals surface area (Å²) in [6, 6.07) is 9.27. The number of aryl methyl sites for hydroxylation is 1. The van der Waals surface area contributed by atoms with E-state index in [2.05, 4.69) is 57.3 Å². The maximum Gasteiger partial charge on any atom is 0.00643 e. The van der Waals surface area contributed by atoms with Crippen molar-refractivity contribution in [3.05, 3.63) is 35.4 Å². The van der Waals surface area contributed by atoms with Gasteiger partial charge in [0.2, 0.25) is 0 Å². The zero-order chi connectivity index (χ0) is 12.0. The molecule has 0 saturated heterocycles. The van der Waals surface area contributed by atoms with E-state index in [1.54, 1.807) is 0 Å². The van der Waals surface area contributed by atoms with E-state index in [9.17, 15) is 0 Å². The molecule has 1 N–H and O–H groups in total. The lowest BCUT2D eigenvalue weighted by Gasteiger charge is -2.20. The number of rotatable bonds is 6. The van der Waals surface area contributed by atoms with E-state index in [4.69, 9.17) is 0 Å². The fraction of sp³-hybridized carbons (Fsp3) is 0.600. The maximum absolute atomic E-state index is 3.61. The third-order valence-corrected chi connectivity index (χ3v) is 3.62. The molecule has 0 aliphatic rings. The number of benzene rings is 1. The molecule has 0 fully saturated rings. The lowest BCUT2D eigenvalue weighted by Crippen LogP contribution is -2.33. The maximum atomic E-state index is 3.61. The van der Waals surface area contributed by atoms with Crippen molar-refractivity contribution < 1.29 is 0 Å². The van der Waals surface area contributed by atoms with Crippen LogP contribution in [0.5, 0.6) is 0 Å². The first-order valence-electron chi connectivity index (χ1n) is 6.43. The van der Waals surface area contributed by atoms with Crippen LogP contribution < -0.4 is 5.32 Å². The Labute approximate surface area is 100 Å². The van der Waals surface area contributed by atoms with Crippen molar-refractivity contribution in [1.29, 1.82) is 0 Å². The van der Waals surface area contributed by atoms with Crippen LogP contribution in [-0.2, 0) is 6.42 Å². The molecule has 1 heteroatoms. The minimum absolute atomic E-state index is 0.619. The zero-order valence-corrected chi connectivity index (χ0v) is 11.1. The predicted molar refractivity (Wildman–Crippen MR) is 71.8 cm³/mol. The third-order valence-electron chi connectivity index (χ3n) is 3.62. The van der Waals surface area contributed by atoms with Crippen molar-refractivity contribution in [3.8, 4) is 0 Å². The SMILES string of the molecule is CCC(C)C(C)NCCc1ccccc1C. The van der Waals surface area contributed by atoms with Crippen LogP contribution in [0.4, 0.5) is 0 Å². The average Bonchev–Trinajstić information content (AvgIpc) is 2.30. The van der Waals surface area contributed by atoms with E-state index in [1.165, 1.54) is 17.5 Å². The van der Waals surface area contributed by atoms with Gasteiger partial charge in [0, 0.05) is 6.04 Å². The van der Waals surface area contributed by atoms with Crippen LogP contribution in [-0.4, -0.2) is 12.6 Å². The molecular weight excluding hydrogens is 194 g/mol. The van der Waals surface area contributed by atoms with Crippen LogP contribution in [0.3, 0.4) is 0 Å². The molecule has 0 aromatic heterocycles. The van der Waals surface area contributed by atoms with Crippen molar-refractivity contribution in [2.45, 2.75) is 46.6 Å². The fourth-order valence-corrected chi connectivity index (χ4v) is 1.88. The van der Waals surface area contributed by atoms with Gasteiger partial charge in [-0.1, -0.05) is 44.5 Å².